The molecular formula is C25H34N2O2. The Bertz CT molecular complexity index is 854. The van der Waals surface area contributed by atoms with Crippen molar-refractivity contribution in [1.82, 2.24) is 4.90 Å². The van der Waals surface area contributed by atoms with Crippen molar-refractivity contribution < 1.29 is 9.53 Å². The van der Waals surface area contributed by atoms with E-state index in [2.05, 4.69) is 57.0 Å². The quantitative estimate of drug-likeness (QED) is 0.305. The van der Waals surface area contributed by atoms with Gasteiger partial charge >= 0.3 is 5.97 Å². The second-order valence-corrected chi connectivity index (χ2v) is 8.21. The van der Waals surface area contributed by atoms with Gasteiger partial charge in [0.2, 0.25) is 0 Å². The van der Waals surface area contributed by atoms with E-state index in [4.69, 9.17) is 4.74 Å². The molecule has 0 heterocycles. The summed E-state index contributed by atoms with van der Waals surface area (Å²) in [5, 5.41) is 0. The van der Waals surface area contributed by atoms with Crippen LogP contribution in [0.5, 0.6) is 0 Å². The number of esters is 1. The van der Waals surface area contributed by atoms with E-state index >= 15 is 0 Å². The van der Waals surface area contributed by atoms with Crippen LogP contribution in [0.15, 0.2) is 41.4 Å². The molecule has 0 saturated carbocycles. The van der Waals surface area contributed by atoms with Gasteiger partial charge in [-0.3, -0.25) is 0 Å². The summed E-state index contributed by atoms with van der Waals surface area (Å²) in [6.45, 7) is 13.2. The Hall–Kier alpha value is -2.62. The topological polar surface area (TPSA) is 41.9 Å². The Labute approximate surface area is 175 Å². The molecule has 4 heteroatoms. The number of aryl methyl sites for hydroxylation is 3. The molecule has 0 amide bonds. The van der Waals surface area contributed by atoms with Gasteiger partial charge in [0.15, 0.2) is 0 Å². The zero-order valence-electron chi connectivity index (χ0n) is 18.8. The van der Waals surface area contributed by atoms with Crippen molar-refractivity contribution in [3.8, 4) is 0 Å². The van der Waals surface area contributed by atoms with Crippen molar-refractivity contribution in [1.29, 1.82) is 0 Å². The number of benzene rings is 2. The summed E-state index contributed by atoms with van der Waals surface area (Å²) in [5.74, 6) is 0.141. The lowest BCUT2D eigenvalue weighted by molar-refractivity contribution is 0.0247. The lowest BCUT2D eigenvalue weighted by atomic mass is 9.98. The summed E-state index contributed by atoms with van der Waals surface area (Å²) in [7, 11) is 1.98. The molecule has 29 heavy (non-hydrogen) atoms. The number of carbonyl (C=O) groups is 1. The van der Waals surface area contributed by atoms with Crippen LogP contribution in [0.25, 0.3) is 0 Å². The van der Waals surface area contributed by atoms with Crippen LogP contribution in [0, 0.1) is 26.7 Å². The normalized spacial score (nSPS) is 12.4. The maximum atomic E-state index is 13.0. The van der Waals surface area contributed by atoms with Crippen molar-refractivity contribution in [2.75, 3.05) is 13.6 Å². The lowest BCUT2D eigenvalue weighted by Crippen LogP contribution is -2.15. The third-order valence-corrected chi connectivity index (χ3v) is 5.04. The van der Waals surface area contributed by atoms with Gasteiger partial charge in [-0.25, -0.2) is 9.79 Å². The minimum Gasteiger partial charge on any atom is -0.454 e. The van der Waals surface area contributed by atoms with Gasteiger partial charge in [0.05, 0.1) is 17.6 Å². The molecule has 0 saturated heterocycles. The van der Waals surface area contributed by atoms with Crippen molar-refractivity contribution in [3.05, 3.63) is 64.2 Å². The molecule has 0 N–H and O–H groups in total. The average Bonchev–Trinajstić information content (AvgIpc) is 2.67. The SMILES string of the molecule is CCN(C)/C=N/c1cc(C)c(C(=O)OC(CC(C)C)c2ccc(C)cc2)cc1C. The number of hydrogen-bond donors (Lipinski definition) is 0. The molecule has 1 atom stereocenters. The van der Waals surface area contributed by atoms with Crippen LogP contribution in [0.3, 0.4) is 0 Å². The van der Waals surface area contributed by atoms with Gasteiger partial charge in [-0.15, -0.1) is 0 Å². The predicted molar refractivity (Wildman–Crippen MR) is 121 cm³/mol. The Morgan fingerprint density at radius 1 is 1.10 bits per heavy atom. The van der Waals surface area contributed by atoms with Crippen LogP contribution in [-0.4, -0.2) is 30.8 Å². The van der Waals surface area contributed by atoms with E-state index in [0.29, 0.717) is 11.5 Å². The second-order valence-electron chi connectivity index (χ2n) is 8.21. The third-order valence-electron chi connectivity index (χ3n) is 5.04. The van der Waals surface area contributed by atoms with Crippen molar-refractivity contribution >= 4 is 18.0 Å². The van der Waals surface area contributed by atoms with E-state index in [1.165, 1.54) is 5.56 Å². The standard InChI is InChI=1S/C25H34N2O2/c1-8-27(7)16-26-23-15-19(5)22(14-20(23)6)25(28)29-24(13-17(2)3)21-11-9-18(4)10-12-21/h9-12,14-17,24H,8,13H2,1-7H3/b26-16+. The van der Waals surface area contributed by atoms with Crippen molar-refractivity contribution in [2.45, 2.75) is 54.1 Å². The second kappa shape index (κ2) is 10.2. The van der Waals surface area contributed by atoms with Crippen LogP contribution in [0.4, 0.5) is 5.69 Å². The number of ether oxygens (including phenoxy) is 1. The van der Waals surface area contributed by atoms with Gasteiger partial charge in [-0.2, -0.15) is 0 Å². The number of rotatable bonds is 8. The fourth-order valence-corrected chi connectivity index (χ4v) is 3.06. The van der Waals surface area contributed by atoms with E-state index in [9.17, 15) is 4.79 Å². The Kier molecular flexibility index (Phi) is 8.00. The maximum Gasteiger partial charge on any atom is 0.339 e. The summed E-state index contributed by atoms with van der Waals surface area (Å²) in [5.41, 5.74) is 5.54. The van der Waals surface area contributed by atoms with Gasteiger partial charge in [-0.05, 0) is 68.9 Å². The first kappa shape index (κ1) is 22.7. The fourth-order valence-electron chi connectivity index (χ4n) is 3.06. The Morgan fingerprint density at radius 3 is 2.34 bits per heavy atom. The first-order chi connectivity index (χ1) is 13.7. The molecule has 4 nitrogen and oxygen atoms in total. The molecule has 0 aliphatic heterocycles. The van der Waals surface area contributed by atoms with Crippen LogP contribution in [-0.2, 0) is 4.74 Å². The Morgan fingerprint density at radius 2 is 1.76 bits per heavy atom. The largest absolute Gasteiger partial charge is 0.454 e. The monoisotopic (exact) mass is 394 g/mol. The molecule has 0 fully saturated rings. The van der Waals surface area contributed by atoms with Gasteiger partial charge in [0.25, 0.3) is 0 Å². The summed E-state index contributed by atoms with van der Waals surface area (Å²) in [6, 6.07) is 12.1. The van der Waals surface area contributed by atoms with Crippen molar-refractivity contribution in [2.24, 2.45) is 10.9 Å². The zero-order valence-corrected chi connectivity index (χ0v) is 18.8. The molecule has 0 aliphatic carbocycles. The highest BCUT2D eigenvalue weighted by molar-refractivity contribution is 5.92. The summed E-state index contributed by atoms with van der Waals surface area (Å²) in [6.07, 6.45) is 2.35. The molecule has 0 aliphatic rings. The highest BCUT2D eigenvalue weighted by atomic mass is 16.5. The number of carbonyl (C=O) groups excluding carboxylic acids is 1. The summed E-state index contributed by atoms with van der Waals surface area (Å²) >= 11 is 0. The van der Waals surface area contributed by atoms with Gasteiger partial charge in [0, 0.05) is 13.6 Å². The highest BCUT2D eigenvalue weighted by Gasteiger charge is 2.21. The van der Waals surface area contributed by atoms with Crippen LogP contribution in [0.1, 0.15) is 65.9 Å². The van der Waals surface area contributed by atoms with E-state index in [-0.39, 0.29) is 12.1 Å². The zero-order chi connectivity index (χ0) is 21.6. The van der Waals surface area contributed by atoms with Gasteiger partial charge in [-0.1, -0.05) is 43.7 Å². The molecule has 0 bridgehead atoms. The third kappa shape index (κ3) is 6.45. The average molecular weight is 395 g/mol. The molecule has 0 spiro atoms. The molecule has 1 unspecified atom stereocenters. The summed E-state index contributed by atoms with van der Waals surface area (Å²) in [4.78, 5) is 19.6. The minimum atomic E-state index is -0.280. The minimum absolute atomic E-state index is 0.251. The van der Waals surface area contributed by atoms with E-state index < -0.39 is 0 Å². The first-order valence-electron chi connectivity index (χ1n) is 10.3. The van der Waals surface area contributed by atoms with Crippen LogP contribution < -0.4 is 0 Å². The predicted octanol–water partition coefficient (Wildman–Crippen LogP) is 6.17. The number of nitrogens with zero attached hydrogens (tertiary/aromatic N) is 2. The maximum absolute atomic E-state index is 13.0. The summed E-state index contributed by atoms with van der Waals surface area (Å²) < 4.78 is 5.98. The molecule has 156 valence electrons. The van der Waals surface area contributed by atoms with Crippen LogP contribution >= 0.6 is 0 Å². The lowest BCUT2D eigenvalue weighted by Gasteiger charge is -2.21. The molecule has 0 aromatic heterocycles. The number of hydrogen-bond acceptors (Lipinski definition) is 3. The van der Waals surface area contributed by atoms with E-state index in [0.717, 1.165) is 35.3 Å². The smallest absolute Gasteiger partial charge is 0.339 e. The highest BCUT2D eigenvalue weighted by Crippen LogP contribution is 2.29. The molecule has 2 rings (SSSR count). The van der Waals surface area contributed by atoms with E-state index in [1.807, 2.05) is 44.3 Å². The Balaban J connectivity index is 2.26. The molecule has 2 aromatic carbocycles. The van der Waals surface area contributed by atoms with Crippen molar-refractivity contribution in [3.63, 3.8) is 0 Å². The first-order valence-corrected chi connectivity index (χ1v) is 10.3. The van der Waals surface area contributed by atoms with E-state index in [1.54, 1.807) is 0 Å². The molecular weight excluding hydrogens is 360 g/mol. The number of aliphatic imine (C=N–C) groups is 1. The fraction of sp³-hybridized carbons (Fsp3) is 0.440. The van der Waals surface area contributed by atoms with Gasteiger partial charge in [0.1, 0.15) is 6.10 Å². The molecule has 2 aromatic rings. The van der Waals surface area contributed by atoms with Gasteiger partial charge < -0.3 is 9.64 Å². The molecule has 0 radical (unpaired) electrons. The van der Waals surface area contributed by atoms with Crippen LogP contribution in [0.2, 0.25) is 0 Å².